The average Bonchev–Trinajstić information content (AvgIpc) is 2.54. The van der Waals surface area contributed by atoms with Crippen LogP contribution in [0.1, 0.15) is 5.56 Å². The van der Waals surface area contributed by atoms with Gasteiger partial charge in [0.1, 0.15) is 13.2 Å². The van der Waals surface area contributed by atoms with Crippen molar-refractivity contribution in [2.24, 2.45) is 5.10 Å². The van der Waals surface area contributed by atoms with Crippen LogP contribution in [0.2, 0.25) is 5.02 Å². The molecule has 6 heteroatoms. The van der Waals surface area contributed by atoms with E-state index in [0.717, 1.165) is 11.3 Å². The van der Waals surface area contributed by atoms with Crippen LogP contribution in [-0.4, -0.2) is 26.5 Å². The highest BCUT2D eigenvalue weighted by Crippen LogP contribution is 2.39. The first-order valence-corrected chi connectivity index (χ1v) is 7.16. The molecule has 0 fully saturated rings. The first kappa shape index (κ1) is 14.5. The zero-order valence-corrected chi connectivity index (χ0v) is 12.8. The summed E-state index contributed by atoms with van der Waals surface area (Å²) in [5, 5.41) is 4.85. The number of nitrogens with one attached hydrogen (secondary N) is 1. The first-order valence-electron chi connectivity index (χ1n) is 6.78. The Hall–Kier alpha value is -2.40. The van der Waals surface area contributed by atoms with Crippen LogP contribution >= 0.6 is 11.6 Å². The molecule has 0 radical (unpaired) electrons. The number of fused-ring (bicyclic) bond motifs is 1. The molecular weight excluding hydrogens is 304 g/mol. The van der Waals surface area contributed by atoms with E-state index in [9.17, 15) is 0 Å². The number of nitrogens with zero attached hydrogens (tertiary/aromatic N) is 1. The molecule has 1 aliphatic heterocycles. The quantitative estimate of drug-likeness (QED) is 0.691. The molecular formula is C16H15ClN2O3. The summed E-state index contributed by atoms with van der Waals surface area (Å²) in [6.07, 6.45) is 1.68. The summed E-state index contributed by atoms with van der Waals surface area (Å²) in [5.41, 5.74) is 4.58. The van der Waals surface area contributed by atoms with Crippen molar-refractivity contribution < 1.29 is 14.2 Å². The molecule has 1 heterocycles. The molecule has 0 unspecified atom stereocenters. The van der Waals surface area contributed by atoms with Crippen LogP contribution in [0.25, 0.3) is 0 Å². The third-order valence-electron chi connectivity index (χ3n) is 3.08. The maximum Gasteiger partial charge on any atom is 0.203 e. The summed E-state index contributed by atoms with van der Waals surface area (Å²) in [4.78, 5) is 0. The van der Waals surface area contributed by atoms with Crippen molar-refractivity contribution in [3.05, 3.63) is 47.0 Å². The minimum atomic E-state index is 0.521. The number of ether oxygens (including phenoxy) is 3. The molecule has 5 nitrogen and oxygen atoms in total. The fourth-order valence-electron chi connectivity index (χ4n) is 2.11. The Labute approximate surface area is 133 Å². The average molecular weight is 319 g/mol. The number of benzene rings is 2. The minimum Gasteiger partial charge on any atom is -0.493 e. The van der Waals surface area contributed by atoms with Crippen LogP contribution in [0.4, 0.5) is 5.69 Å². The van der Waals surface area contributed by atoms with Gasteiger partial charge in [0.2, 0.25) is 5.75 Å². The van der Waals surface area contributed by atoms with Gasteiger partial charge >= 0.3 is 0 Å². The van der Waals surface area contributed by atoms with Gasteiger partial charge in [0.25, 0.3) is 0 Å². The Morgan fingerprint density at radius 3 is 2.91 bits per heavy atom. The maximum absolute atomic E-state index is 5.92. The minimum absolute atomic E-state index is 0.521. The van der Waals surface area contributed by atoms with E-state index in [0.29, 0.717) is 35.5 Å². The van der Waals surface area contributed by atoms with Crippen LogP contribution in [0.15, 0.2) is 41.5 Å². The molecule has 2 aromatic rings. The highest BCUT2D eigenvalue weighted by atomic mass is 35.5. The highest BCUT2D eigenvalue weighted by Gasteiger charge is 2.17. The van der Waals surface area contributed by atoms with E-state index in [1.807, 2.05) is 30.3 Å². The van der Waals surface area contributed by atoms with Gasteiger partial charge in [-0.3, -0.25) is 5.43 Å². The molecule has 0 amide bonds. The van der Waals surface area contributed by atoms with Gasteiger partial charge < -0.3 is 14.2 Å². The molecule has 2 aromatic carbocycles. The molecule has 0 spiro atoms. The highest BCUT2D eigenvalue weighted by molar-refractivity contribution is 6.30. The van der Waals surface area contributed by atoms with Crippen molar-refractivity contribution in [2.45, 2.75) is 0 Å². The molecule has 0 bridgehead atoms. The Morgan fingerprint density at radius 1 is 1.23 bits per heavy atom. The number of methoxy groups -OCH3 is 1. The van der Waals surface area contributed by atoms with E-state index in [2.05, 4.69) is 10.5 Å². The Morgan fingerprint density at radius 2 is 2.09 bits per heavy atom. The molecule has 3 rings (SSSR count). The van der Waals surface area contributed by atoms with E-state index in [4.69, 9.17) is 25.8 Å². The fourth-order valence-corrected chi connectivity index (χ4v) is 2.30. The van der Waals surface area contributed by atoms with E-state index in [1.165, 1.54) is 0 Å². The van der Waals surface area contributed by atoms with Gasteiger partial charge in [-0.1, -0.05) is 17.7 Å². The smallest absolute Gasteiger partial charge is 0.203 e. The SMILES string of the molecule is COc1cc(/C=N\Nc2cccc(Cl)c2)cc2c1OCCO2. The molecule has 1 aliphatic rings. The Kier molecular flexibility index (Phi) is 4.34. The summed E-state index contributed by atoms with van der Waals surface area (Å²) in [7, 11) is 1.60. The van der Waals surface area contributed by atoms with Gasteiger partial charge in [-0.2, -0.15) is 5.10 Å². The van der Waals surface area contributed by atoms with E-state index in [1.54, 1.807) is 19.4 Å². The summed E-state index contributed by atoms with van der Waals surface area (Å²) in [5.74, 6) is 1.92. The zero-order chi connectivity index (χ0) is 15.4. The first-order chi connectivity index (χ1) is 10.8. The second-order valence-corrected chi connectivity index (χ2v) is 5.06. The van der Waals surface area contributed by atoms with Gasteiger partial charge in [-0.15, -0.1) is 0 Å². The van der Waals surface area contributed by atoms with Gasteiger partial charge in [0.05, 0.1) is 19.0 Å². The van der Waals surface area contributed by atoms with Crippen molar-refractivity contribution >= 4 is 23.5 Å². The van der Waals surface area contributed by atoms with Gasteiger partial charge in [-0.05, 0) is 30.3 Å². The normalized spacial score (nSPS) is 13.2. The van der Waals surface area contributed by atoms with Crippen molar-refractivity contribution in [3.63, 3.8) is 0 Å². The Bertz CT molecular complexity index is 687. The van der Waals surface area contributed by atoms with Crippen LogP contribution in [0.5, 0.6) is 17.2 Å². The zero-order valence-electron chi connectivity index (χ0n) is 12.0. The summed E-state index contributed by atoms with van der Waals surface area (Å²) >= 11 is 5.92. The third kappa shape index (κ3) is 3.26. The van der Waals surface area contributed by atoms with E-state index < -0.39 is 0 Å². The third-order valence-corrected chi connectivity index (χ3v) is 3.32. The monoisotopic (exact) mass is 318 g/mol. The van der Waals surface area contributed by atoms with Gasteiger partial charge in [0, 0.05) is 10.6 Å². The lowest BCUT2D eigenvalue weighted by molar-refractivity contribution is 0.165. The van der Waals surface area contributed by atoms with Crippen molar-refractivity contribution in [3.8, 4) is 17.2 Å². The van der Waals surface area contributed by atoms with E-state index >= 15 is 0 Å². The summed E-state index contributed by atoms with van der Waals surface area (Å²) in [6, 6.07) is 11.0. The van der Waals surface area contributed by atoms with Crippen molar-refractivity contribution in [2.75, 3.05) is 25.7 Å². The van der Waals surface area contributed by atoms with Gasteiger partial charge in [0.15, 0.2) is 11.5 Å². The summed E-state index contributed by atoms with van der Waals surface area (Å²) in [6.45, 7) is 1.05. The molecule has 114 valence electrons. The molecule has 0 aromatic heterocycles. The van der Waals surface area contributed by atoms with Crippen LogP contribution in [0.3, 0.4) is 0 Å². The number of hydrogen-bond donors (Lipinski definition) is 1. The lowest BCUT2D eigenvalue weighted by Crippen LogP contribution is -2.16. The van der Waals surface area contributed by atoms with E-state index in [-0.39, 0.29) is 0 Å². The standard InChI is InChI=1S/C16H15ClN2O3/c1-20-14-7-11(8-15-16(14)22-6-5-21-15)10-18-19-13-4-2-3-12(17)9-13/h2-4,7-10,19H,5-6H2,1H3/b18-10-. The second-order valence-electron chi connectivity index (χ2n) is 4.63. The molecule has 1 N–H and O–H groups in total. The predicted octanol–water partition coefficient (Wildman–Crippen LogP) is 3.57. The topological polar surface area (TPSA) is 52.1 Å². The number of halogens is 1. The van der Waals surface area contributed by atoms with Gasteiger partial charge in [-0.25, -0.2) is 0 Å². The number of hydrazone groups is 1. The number of hydrogen-bond acceptors (Lipinski definition) is 5. The van der Waals surface area contributed by atoms with Crippen LogP contribution in [0, 0.1) is 0 Å². The number of rotatable bonds is 4. The largest absolute Gasteiger partial charge is 0.493 e. The molecule has 0 aliphatic carbocycles. The van der Waals surface area contributed by atoms with Crippen molar-refractivity contribution in [1.82, 2.24) is 0 Å². The lowest BCUT2D eigenvalue weighted by Gasteiger charge is -2.20. The van der Waals surface area contributed by atoms with Crippen LogP contribution < -0.4 is 19.6 Å². The fraction of sp³-hybridized carbons (Fsp3) is 0.188. The number of anilines is 1. The second kappa shape index (κ2) is 6.58. The Balaban J connectivity index is 1.78. The molecule has 0 atom stereocenters. The molecule has 0 saturated carbocycles. The summed E-state index contributed by atoms with van der Waals surface area (Å²) < 4.78 is 16.5. The molecule has 0 saturated heterocycles. The predicted molar refractivity (Wildman–Crippen MR) is 86.7 cm³/mol. The van der Waals surface area contributed by atoms with Crippen molar-refractivity contribution in [1.29, 1.82) is 0 Å². The molecule has 22 heavy (non-hydrogen) atoms. The van der Waals surface area contributed by atoms with Crippen LogP contribution in [-0.2, 0) is 0 Å². The maximum atomic E-state index is 5.92. The lowest BCUT2D eigenvalue weighted by atomic mass is 10.2.